The van der Waals surface area contributed by atoms with Gasteiger partial charge >= 0.3 is 0 Å². The van der Waals surface area contributed by atoms with Crippen LogP contribution < -0.4 is 15.0 Å². The standard InChI is InChI=1S/C21H29N3O2S/c1-2-13-26-19-8-5-17(6-9-19)7-10-20(25)23-15-18-4-3-12-24(16-18)21-22-11-14-27-21/h5-6,8-9,11,14,18H,2-4,7,10,12-13,15-16H2,1H3,(H,23,25)/t18-/m1/s1. The third kappa shape index (κ3) is 6.24. The van der Waals surface area contributed by atoms with Gasteiger partial charge in [0.2, 0.25) is 5.91 Å². The molecule has 0 aliphatic carbocycles. The fraction of sp³-hybridized carbons (Fsp3) is 0.524. The zero-order valence-corrected chi connectivity index (χ0v) is 16.8. The molecule has 146 valence electrons. The van der Waals surface area contributed by atoms with E-state index in [4.69, 9.17) is 4.74 Å². The molecule has 1 N–H and O–H groups in total. The molecule has 0 spiro atoms. The molecule has 5 nitrogen and oxygen atoms in total. The van der Waals surface area contributed by atoms with Gasteiger partial charge in [-0.15, -0.1) is 11.3 Å². The van der Waals surface area contributed by atoms with Crippen LogP contribution in [0.5, 0.6) is 5.75 Å². The van der Waals surface area contributed by atoms with Crippen molar-refractivity contribution in [3.8, 4) is 5.75 Å². The summed E-state index contributed by atoms with van der Waals surface area (Å²) in [4.78, 5) is 19.0. The summed E-state index contributed by atoms with van der Waals surface area (Å²) >= 11 is 1.69. The average molecular weight is 388 g/mol. The van der Waals surface area contributed by atoms with E-state index in [0.717, 1.165) is 56.4 Å². The highest BCUT2D eigenvalue weighted by molar-refractivity contribution is 7.13. The molecule has 0 bridgehead atoms. The maximum absolute atomic E-state index is 12.2. The SMILES string of the molecule is CCCOc1ccc(CCC(=O)NC[C@H]2CCCN(c3nccs3)C2)cc1. The molecule has 2 aromatic rings. The van der Waals surface area contributed by atoms with Crippen LogP contribution in [0.3, 0.4) is 0 Å². The third-order valence-corrected chi connectivity index (χ3v) is 5.67. The first-order valence-electron chi connectivity index (χ1n) is 9.87. The number of ether oxygens (including phenoxy) is 1. The smallest absolute Gasteiger partial charge is 0.220 e. The number of hydrogen-bond donors (Lipinski definition) is 1. The fourth-order valence-electron chi connectivity index (χ4n) is 3.35. The van der Waals surface area contributed by atoms with Crippen molar-refractivity contribution in [3.63, 3.8) is 0 Å². The molecular formula is C21H29N3O2S. The predicted octanol–water partition coefficient (Wildman–Crippen LogP) is 3.90. The highest BCUT2D eigenvalue weighted by Crippen LogP contribution is 2.24. The molecular weight excluding hydrogens is 358 g/mol. The zero-order chi connectivity index (χ0) is 18.9. The average Bonchev–Trinajstić information content (AvgIpc) is 3.25. The number of carbonyl (C=O) groups excluding carboxylic acids is 1. The molecule has 1 atom stereocenters. The largest absolute Gasteiger partial charge is 0.494 e. The van der Waals surface area contributed by atoms with Crippen LogP contribution in [-0.4, -0.2) is 37.1 Å². The van der Waals surface area contributed by atoms with Gasteiger partial charge in [-0.05, 0) is 49.3 Å². The van der Waals surface area contributed by atoms with Crippen LogP contribution in [0.2, 0.25) is 0 Å². The number of nitrogens with zero attached hydrogens (tertiary/aromatic N) is 2. The summed E-state index contributed by atoms with van der Waals surface area (Å²) in [6.45, 7) is 5.63. The Kier molecular flexibility index (Phi) is 7.51. The number of hydrogen-bond acceptors (Lipinski definition) is 5. The first-order chi connectivity index (χ1) is 13.2. The van der Waals surface area contributed by atoms with Gasteiger partial charge in [0, 0.05) is 37.6 Å². The number of piperidine rings is 1. The van der Waals surface area contributed by atoms with Crippen molar-refractivity contribution in [1.82, 2.24) is 10.3 Å². The lowest BCUT2D eigenvalue weighted by Gasteiger charge is -2.32. The highest BCUT2D eigenvalue weighted by Gasteiger charge is 2.21. The topological polar surface area (TPSA) is 54.5 Å². The Morgan fingerprint density at radius 1 is 1.37 bits per heavy atom. The minimum atomic E-state index is 0.132. The van der Waals surface area contributed by atoms with Crippen molar-refractivity contribution in [2.45, 2.75) is 39.0 Å². The number of thiazole rings is 1. The molecule has 1 aliphatic rings. The minimum absolute atomic E-state index is 0.132. The summed E-state index contributed by atoms with van der Waals surface area (Å²) in [5.74, 6) is 1.53. The van der Waals surface area contributed by atoms with Crippen molar-refractivity contribution in [1.29, 1.82) is 0 Å². The van der Waals surface area contributed by atoms with E-state index in [2.05, 4.69) is 22.1 Å². The number of carbonyl (C=O) groups is 1. The monoisotopic (exact) mass is 387 g/mol. The maximum Gasteiger partial charge on any atom is 0.220 e. The van der Waals surface area contributed by atoms with Crippen molar-refractivity contribution in [3.05, 3.63) is 41.4 Å². The van der Waals surface area contributed by atoms with E-state index in [1.54, 1.807) is 11.3 Å². The van der Waals surface area contributed by atoms with Crippen molar-refractivity contribution >= 4 is 22.4 Å². The predicted molar refractivity (Wildman–Crippen MR) is 111 cm³/mol. The molecule has 0 radical (unpaired) electrons. The van der Waals surface area contributed by atoms with E-state index in [1.165, 1.54) is 12.0 Å². The van der Waals surface area contributed by atoms with Gasteiger partial charge in [0.25, 0.3) is 0 Å². The zero-order valence-electron chi connectivity index (χ0n) is 16.0. The van der Waals surface area contributed by atoms with Crippen LogP contribution in [0.1, 0.15) is 38.2 Å². The summed E-state index contributed by atoms with van der Waals surface area (Å²) in [5.41, 5.74) is 1.17. The third-order valence-electron chi connectivity index (χ3n) is 4.83. The Morgan fingerprint density at radius 2 is 2.22 bits per heavy atom. The van der Waals surface area contributed by atoms with Gasteiger partial charge in [0.15, 0.2) is 5.13 Å². The lowest BCUT2D eigenvalue weighted by Crippen LogP contribution is -2.41. The normalized spacial score (nSPS) is 16.9. The van der Waals surface area contributed by atoms with Crippen molar-refractivity contribution in [2.24, 2.45) is 5.92 Å². The van der Waals surface area contributed by atoms with E-state index in [1.807, 2.05) is 35.8 Å². The summed E-state index contributed by atoms with van der Waals surface area (Å²) in [6, 6.07) is 8.06. The molecule has 1 amide bonds. The first kappa shape index (κ1) is 19.7. The minimum Gasteiger partial charge on any atom is -0.494 e. The Balaban J connectivity index is 1.37. The molecule has 1 aromatic carbocycles. The Hall–Kier alpha value is -2.08. The van der Waals surface area contributed by atoms with Gasteiger partial charge in [-0.2, -0.15) is 0 Å². The lowest BCUT2D eigenvalue weighted by molar-refractivity contribution is -0.121. The van der Waals surface area contributed by atoms with Crippen molar-refractivity contribution in [2.75, 3.05) is 31.1 Å². The van der Waals surface area contributed by atoms with Gasteiger partial charge in [-0.1, -0.05) is 19.1 Å². The second-order valence-corrected chi connectivity index (χ2v) is 7.94. The van der Waals surface area contributed by atoms with Crippen LogP contribution in [-0.2, 0) is 11.2 Å². The van der Waals surface area contributed by atoms with Crippen LogP contribution in [0.15, 0.2) is 35.8 Å². The van der Waals surface area contributed by atoms with E-state index in [0.29, 0.717) is 12.3 Å². The summed E-state index contributed by atoms with van der Waals surface area (Å²) < 4.78 is 5.59. The van der Waals surface area contributed by atoms with Crippen molar-refractivity contribution < 1.29 is 9.53 Å². The fourth-order valence-corrected chi connectivity index (χ4v) is 4.03. The Morgan fingerprint density at radius 3 is 2.96 bits per heavy atom. The van der Waals surface area contributed by atoms with Gasteiger partial charge in [0.1, 0.15) is 5.75 Å². The van der Waals surface area contributed by atoms with E-state index in [-0.39, 0.29) is 5.91 Å². The second kappa shape index (κ2) is 10.3. The van der Waals surface area contributed by atoms with E-state index < -0.39 is 0 Å². The number of amides is 1. The molecule has 0 unspecified atom stereocenters. The molecule has 6 heteroatoms. The van der Waals surface area contributed by atoms with Crippen LogP contribution in [0.25, 0.3) is 0 Å². The summed E-state index contributed by atoms with van der Waals surface area (Å²) in [6.07, 6.45) is 6.47. The summed E-state index contributed by atoms with van der Waals surface area (Å²) in [7, 11) is 0. The molecule has 1 aliphatic heterocycles. The van der Waals surface area contributed by atoms with Gasteiger partial charge in [0.05, 0.1) is 6.61 Å². The highest BCUT2D eigenvalue weighted by atomic mass is 32.1. The number of benzene rings is 1. The molecule has 3 rings (SSSR count). The molecule has 2 heterocycles. The van der Waals surface area contributed by atoms with E-state index in [9.17, 15) is 4.79 Å². The van der Waals surface area contributed by atoms with E-state index >= 15 is 0 Å². The summed E-state index contributed by atoms with van der Waals surface area (Å²) in [5, 5.41) is 6.23. The molecule has 1 saturated heterocycles. The van der Waals surface area contributed by atoms with Crippen LogP contribution in [0, 0.1) is 5.92 Å². The number of rotatable bonds is 9. The van der Waals surface area contributed by atoms with Gasteiger partial charge in [-0.25, -0.2) is 4.98 Å². The lowest BCUT2D eigenvalue weighted by atomic mass is 9.98. The molecule has 1 aromatic heterocycles. The number of anilines is 1. The quantitative estimate of drug-likeness (QED) is 0.709. The van der Waals surface area contributed by atoms with Crippen LogP contribution in [0.4, 0.5) is 5.13 Å². The molecule has 1 fully saturated rings. The Bertz CT molecular complexity index is 688. The maximum atomic E-state index is 12.2. The van der Waals surface area contributed by atoms with Gasteiger partial charge in [-0.3, -0.25) is 4.79 Å². The Labute approximate surface area is 165 Å². The van der Waals surface area contributed by atoms with Crippen LogP contribution >= 0.6 is 11.3 Å². The second-order valence-electron chi connectivity index (χ2n) is 7.07. The molecule has 0 saturated carbocycles. The number of aryl methyl sites for hydroxylation is 1. The first-order valence-corrected chi connectivity index (χ1v) is 10.8. The number of nitrogens with one attached hydrogen (secondary N) is 1. The number of aromatic nitrogens is 1. The van der Waals surface area contributed by atoms with Gasteiger partial charge < -0.3 is 15.0 Å². The molecule has 27 heavy (non-hydrogen) atoms.